The lowest BCUT2D eigenvalue weighted by atomic mass is 10.0. The zero-order valence-corrected chi connectivity index (χ0v) is 9.55. The Morgan fingerprint density at radius 3 is 2.67 bits per heavy atom. The molecule has 0 unspecified atom stereocenters. The molecule has 0 aliphatic carbocycles. The summed E-state index contributed by atoms with van der Waals surface area (Å²) in [4.78, 5) is 11.8. The van der Waals surface area contributed by atoms with Crippen LogP contribution in [0.4, 0.5) is 0 Å². The van der Waals surface area contributed by atoms with E-state index in [1.807, 2.05) is 24.3 Å². The quantitative estimate of drug-likeness (QED) is 0.736. The molecule has 0 bridgehead atoms. The van der Waals surface area contributed by atoms with Crippen molar-refractivity contribution in [2.45, 2.75) is 33.1 Å². The second-order valence-corrected chi connectivity index (χ2v) is 3.62. The molecule has 0 radical (unpaired) electrons. The first-order chi connectivity index (χ1) is 7.29. The molecule has 0 aliphatic rings. The molecule has 1 aromatic carbocycles. The van der Waals surface area contributed by atoms with Crippen LogP contribution in [0.1, 0.15) is 42.6 Å². The highest BCUT2D eigenvalue weighted by Gasteiger charge is 2.07. The van der Waals surface area contributed by atoms with E-state index in [2.05, 4.69) is 19.2 Å². The third-order valence-corrected chi connectivity index (χ3v) is 2.46. The van der Waals surface area contributed by atoms with Gasteiger partial charge in [0.25, 0.3) is 5.91 Å². The summed E-state index contributed by atoms with van der Waals surface area (Å²) in [6.07, 6.45) is 3.05. The van der Waals surface area contributed by atoms with Crippen LogP contribution in [0.3, 0.4) is 0 Å². The van der Waals surface area contributed by atoms with Gasteiger partial charge in [-0.15, -0.1) is 0 Å². The third-order valence-electron chi connectivity index (χ3n) is 2.46. The molecule has 2 nitrogen and oxygen atoms in total. The fraction of sp³-hybridized carbons (Fsp3) is 0.462. The smallest absolute Gasteiger partial charge is 0.251 e. The summed E-state index contributed by atoms with van der Waals surface area (Å²) >= 11 is 0. The maximum atomic E-state index is 11.8. The predicted molar refractivity (Wildman–Crippen MR) is 63.1 cm³/mol. The van der Waals surface area contributed by atoms with Gasteiger partial charge in [-0.1, -0.05) is 38.5 Å². The van der Waals surface area contributed by atoms with Crippen LogP contribution in [0, 0.1) is 0 Å². The lowest BCUT2D eigenvalue weighted by Crippen LogP contribution is -2.25. The second-order valence-electron chi connectivity index (χ2n) is 3.62. The first-order valence-corrected chi connectivity index (χ1v) is 5.65. The Labute approximate surface area is 91.7 Å². The molecule has 0 atom stereocenters. The number of aryl methyl sites for hydroxylation is 1. The lowest BCUT2D eigenvalue weighted by molar-refractivity contribution is 0.0952. The van der Waals surface area contributed by atoms with Crippen LogP contribution < -0.4 is 5.32 Å². The van der Waals surface area contributed by atoms with Gasteiger partial charge in [-0.05, 0) is 24.5 Å². The van der Waals surface area contributed by atoms with E-state index >= 15 is 0 Å². The number of hydrogen-bond acceptors (Lipinski definition) is 1. The highest BCUT2D eigenvalue weighted by Crippen LogP contribution is 2.08. The summed E-state index contributed by atoms with van der Waals surface area (Å²) in [5, 5.41) is 2.94. The summed E-state index contributed by atoms with van der Waals surface area (Å²) < 4.78 is 0. The Hall–Kier alpha value is -1.31. The average molecular weight is 205 g/mol. The van der Waals surface area contributed by atoms with Gasteiger partial charge in [-0.3, -0.25) is 4.79 Å². The molecule has 0 saturated carbocycles. The molecule has 0 fully saturated rings. The van der Waals surface area contributed by atoms with Crippen molar-refractivity contribution in [3.8, 4) is 0 Å². The van der Waals surface area contributed by atoms with Gasteiger partial charge in [0, 0.05) is 12.1 Å². The van der Waals surface area contributed by atoms with E-state index < -0.39 is 0 Å². The first-order valence-electron chi connectivity index (χ1n) is 5.65. The molecule has 1 N–H and O–H groups in total. The van der Waals surface area contributed by atoms with Crippen molar-refractivity contribution in [1.82, 2.24) is 5.32 Å². The minimum Gasteiger partial charge on any atom is -0.352 e. The standard InChI is InChI=1S/C13H19NO/c1-3-5-10-14-13(15)12-9-7-6-8-11(12)4-2/h6-9H,3-5,10H2,1-2H3,(H,14,15). The van der Waals surface area contributed by atoms with E-state index in [4.69, 9.17) is 0 Å². The summed E-state index contributed by atoms with van der Waals surface area (Å²) in [5.41, 5.74) is 1.93. The molecule has 82 valence electrons. The number of amides is 1. The van der Waals surface area contributed by atoms with Crippen molar-refractivity contribution in [2.75, 3.05) is 6.54 Å². The van der Waals surface area contributed by atoms with Crippen molar-refractivity contribution in [3.05, 3.63) is 35.4 Å². The number of benzene rings is 1. The van der Waals surface area contributed by atoms with Crippen molar-refractivity contribution < 1.29 is 4.79 Å². The summed E-state index contributed by atoms with van der Waals surface area (Å²) in [5.74, 6) is 0.0564. The van der Waals surface area contributed by atoms with Gasteiger partial charge < -0.3 is 5.32 Å². The number of unbranched alkanes of at least 4 members (excludes halogenated alkanes) is 1. The molecule has 0 heterocycles. The highest BCUT2D eigenvalue weighted by atomic mass is 16.1. The minimum atomic E-state index is 0.0564. The van der Waals surface area contributed by atoms with E-state index in [0.717, 1.165) is 36.9 Å². The fourth-order valence-corrected chi connectivity index (χ4v) is 1.52. The SMILES string of the molecule is CCCCNC(=O)c1ccccc1CC. The van der Waals surface area contributed by atoms with Gasteiger partial charge in [0.05, 0.1) is 0 Å². The van der Waals surface area contributed by atoms with Crippen molar-refractivity contribution in [1.29, 1.82) is 0 Å². The van der Waals surface area contributed by atoms with Crippen LogP contribution in [0.5, 0.6) is 0 Å². The second kappa shape index (κ2) is 6.23. The molecule has 0 aliphatic heterocycles. The number of nitrogens with one attached hydrogen (secondary N) is 1. The molecule has 1 rings (SSSR count). The first kappa shape index (κ1) is 11.8. The molecule has 0 aromatic heterocycles. The topological polar surface area (TPSA) is 29.1 Å². The zero-order valence-electron chi connectivity index (χ0n) is 9.55. The van der Waals surface area contributed by atoms with E-state index in [1.165, 1.54) is 0 Å². The Balaban J connectivity index is 2.64. The largest absolute Gasteiger partial charge is 0.352 e. The summed E-state index contributed by atoms with van der Waals surface area (Å²) in [6, 6.07) is 7.78. The maximum absolute atomic E-state index is 11.8. The van der Waals surface area contributed by atoms with Gasteiger partial charge in [-0.25, -0.2) is 0 Å². The van der Waals surface area contributed by atoms with Crippen LogP contribution in [0.2, 0.25) is 0 Å². The van der Waals surface area contributed by atoms with Crippen LogP contribution >= 0.6 is 0 Å². The number of carbonyl (C=O) groups is 1. The maximum Gasteiger partial charge on any atom is 0.251 e. The minimum absolute atomic E-state index is 0.0564. The van der Waals surface area contributed by atoms with Gasteiger partial charge >= 0.3 is 0 Å². The van der Waals surface area contributed by atoms with Gasteiger partial charge in [0.15, 0.2) is 0 Å². The monoisotopic (exact) mass is 205 g/mol. The van der Waals surface area contributed by atoms with Gasteiger partial charge in [-0.2, -0.15) is 0 Å². The van der Waals surface area contributed by atoms with E-state index in [0.29, 0.717) is 0 Å². The molecule has 1 amide bonds. The number of carbonyl (C=O) groups excluding carboxylic acids is 1. The van der Waals surface area contributed by atoms with Crippen molar-refractivity contribution >= 4 is 5.91 Å². The molecule has 0 spiro atoms. The molecule has 15 heavy (non-hydrogen) atoms. The Bertz CT molecular complexity index is 320. The van der Waals surface area contributed by atoms with Crippen molar-refractivity contribution in [3.63, 3.8) is 0 Å². The third kappa shape index (κ3) is 3.39. The van der Waals surface area contributed by atoms with Crippen LogP contribution in [0.15, 0.2) is 24.3 Å². The van der Waals surface area contributed by atoms with E-state index in [9.17, 15) is 4.79 Å². The molecular formula is C13H19NO. The Kier molecular flexibility index (Phi) is 4.88. The fourth-order valence-electron chi connectivity index (χ4n) is 1.52. The van der Waals surface area contributed by atoms with E-state index in [-0.39, 0.29) is 5.91 Å². The summed E-state index contributed by atoms with van der Waals surface area (Å²) in [7, 11) is 0. The van der Waals surface area contributed by atoms with Crippen LogP contribution in [-0.2, 0) is 6.42 Å². The van der Waals surface area contributed by atoms with Crippen LogP contribution in [0.25, 0.3) is 0 Å². The Morgan fingerprint density at radius 1 is 1.27 bits per heavy atom. The summed E-state index contributed by atoms with van der Waals surface area (Å²) in [6.45, 7) is 4.96. The Morgan fingerprint density at radius 2 is 2.00 bits per heavy atom. The number of hydrogen-bond donors (Lipinski definition) is 1. The van der Waals surface area contributed by atoms with Crippen LogP contribution in [-0.4, -0.2) is 12.5 Å². The number of rotatable bonds is 5. The van der Waals surface area contributed by atoms with Crippen molar-refractivity contribution in [2.24, 2.45) is 0 Å². The molecule has 1 aromatic rings. The molecule has 0 saturated heterocycles. The molecular weight excluding hydrogens is 186 g/mol. The molecule has 2 heteroatoms. The van der Waals surface area contributed by atoms with E-state index in [1.54, 1.807) is 0 Å². The zero-order chi connectivity index (χ0) is 11.1. The van der Waals surface area contributed by atoms with Gasteiger partial charge in [0.1, 0.15) is 0 Å². The highest BCUT2D eigenvalue weighted by molar-refractivity contribution is 5.95. The normalized spacial score (nSPS) is 10.0. The van der Waals surface area contributed by atoms with Gasteiger partial charge in [0.2, 0.25) is 0 Å². The average Bonchev–Trinajstić information content (AvgIpc) is 2.29. The lowest BCUT2D eigenvalue weighted by Gasteiger charge is -2.07. The predicted octanol–water partition coefficient (Wildman–Crippen LogP) is 2.78.